The lowest BCUT2D eigenvalue weighted by atomic mass is 10.2. The number of unbranched alkanes of at least 4 members (excludes halogenated alkanes) is 2. The van der Waals surface area contributed by atoms with E-state index in [0.717, 1.165) is 11.5 Å². The molecular weight excluding hydrogens is 264 g/mol. The summed E-state index contributed by atoms with van der Waals surface area (Å²) in [5, 5.41) is 0.831. The van der Waals surface area contributed by atoms with Crippen LogP contribution in [0.15, 0.2) is 12.2 Å². The van der Waals surface area contributed by atoms with Gasteiger partial charge in [-0.15, -0.1) is 0 Å². The first kappa shape index (κ1) is 14.4. The summed E-state index contributed by atoms with van der Waals surface area (Å²) in [6.07, 6.45) is 5.01. The summed E-state index contributed by atoms with van der Waals surface area (Å²) >= 11 is 0. The van der Waals surface area contributed by atoms with Crippen LogP contribution in [0.3, 0.4) is 0 Å². The van der Waals surface area contributed by atoms with Crippen LogP contribution in [0.25, 0.3) is 0 Å². The zero-order chi connectivity index (χ0) is 14.5. The Hall–Kier alpha value is -2.02. The van der Waals surface area contributed by atoms with Crippen molar-refractivity contribution in [1.29, 1.82) is 0 Å². The molecule has 20 heavy (non-hydrogen) atoms. The predicted molar refractivity (Wildman–Crippen MR) is 66.8 cm³/mol. The van der Waals surface area contributed by atoms with Gasteiger partial charge in [0, 0.05) is 31.5 Å². The maximum Gasteiger partial charge on any atom is 0.253 e. The van der Waals surface area contributed by atoms with Crippen molar-refractivity contribution in [1.82, 2.24) is 9.96 Å². The molecular formula is C13H16N2O5. The Morgan fingerprint density at radius 1 is 0.900 bits per heavy atom. The van der Waals surface area contributed by atoms with E-state index in [4.69, 9.17) is 4.84 Å². The quantitative estimate of drug-likeness (QED) is 0.490. The van der Waals surface area contributed by atoms with Gasteiger partial charge in [-0.3, -0.25) is 28.9 Å². The van der Waals surface area contributed by atoms with Crippen LogP contribution in [0.2, 0.25) is 0 Å². The van der Waals surface area contributed by atoms with E-state index in [2.05, 4.69) is 0 Å². The topological polar surface area (TPSA) is 84.0 Å². The van der Waals surface area contributed by atoms with E-state index in [-0.39, 0.29) is 43.1 Å². The highest BCUT2D eigenvalue weighted by Crippen LogP contribution is 2.13. The maximum absolute atomic E-state index is 11.3. The lowest BCUT2D eigenvalue weighted by Gasteiger charge is -2.14. The molecule has 1 fully saturated rings. The van der Waals surface area contributed by atoms with E-state index in [0.29, 0.717) is 19.4 Å². The van der Waals surface area contributed by atoms with Crippen molar-refractivity contribution in [3.05, 3.63) is 12.2 Å². The second-order valence-corrected chi connectivity index (χ2v) is 4.64. The van der Waals surface area contributed by atoms with E-state index in [1.54, 1.807) is 0 Å². The van der Waals surface area contributed by atoms with E-state index in [1.807, 2.05) is 0 Å². The Morgan fingerprint density at radius 2 is 1.50 bits per heavy atom. The molecule has 1 saturated heterocycles. The molecule has 2 aliphatic heterocycles. The van der Waals surface area contributed by atoms with E-state index >= 15 is 0 Å². The fourth-order valence-corrected chi connectivity index (χ4v) is 2.06. The third-order valence-electron chi connectivity index (χ3n) is 3.15. The monoisotopic (exact) mass is 280 g/mol. The van der Waals surface area contributed by atoms with Crippen LogP contribution in [0.1, 0.15) is 32.1 Å². The first-order valence-electron chi connectivity index (χ1n) is 6.62. The number of rotatable bonds is 7. The molecule has 2 heterocycles. The summed E-state index contributed by atoms with van der Waals surface area (Å²) in [6.45, 7) is 0.657. The molecule has 0 aromatic rings. The van der Waals surface area contributed by atoms with Gasteiger partial charge >= 0.3 is 0 Å². The summed E-state index contributed by atoms with van der Waals surface area (Å²) in [7, 11) is 0. The van der Waals surface area contributed by atoms with Gasteiger partial charge in [0.15, 0.2) is 0 Å². The van der Waals surface area contributed by atoms with Crippen molar-refractivity contribution >= 4 is 23.6 Å². The molecule has 2 aliphatic rings. The molecule has 0 aromatic carbocycles. The number of hydrogen-bond donors (Lipinski definition) is 0. The molecule has 0 atom stereocenters. The lowest BCUT2D eigenvalue weighted by Crippen LogP contribution is -2.31. The van der Waals surface area contributed by atoms with Crippen LogP contribution in [0, 0.1) is 0 Å². The summed E-state index contributed by atoms with van der Waals surface area (Å²) < 4.78 is 0. The molecule has 7 heteroatoms. The molecule has 0 radical (unpaired) electrons. The number of nitrogens with zero attached hydrogens (tertiary/aromatic N) is 2. The Balaban J connectivity index is 1.56. The van der Waals surface area contributed by atoms with Crippen LogP contribution in [-0.2, 0) is 24.0 Å². The zero-order valence-corrected chi connectivity index (χ0v) is 11.0. The van der Waals surface area contributed by atoms with Crippen LogP contribution >= 0.6 is 0 Å². The highest BCUT2D eigenvalue weighted by Gasteiger charge is 2.29. The Bertz CT molecular complexity index is 431. The summed E-state index contributed by atoms with van der Waals surface area (Å²) in [4.78, 5) is 51.3. The summed E-state index contributed by atoms with van der Waals surface area (Å²) in [5.41, 5.74) is 0. The van der Waals surface area contributed by atoms with Gasteiger partial charge in [0.1, 0.15) is 0 Å². The van der Waals surface area contributed by atoms with Gasteiger partial charge in [-0.05, 0) is 19.3 Å². The smallest absolute Gasteiger partial charge is 0.253 e. The Labute approximate surface area is 116 Å². The average Bonchev–Trinajstić information content (AvgIpc) is 2.90. The number of hydrogen-bond acceptors (Lipinski definition) is 5. The Morgan fingerprint density at radius 3 is 2.10 bits per heavy atom. The highest BCUT2D eigenvalue weighted by atomic mass is 16.7. The molecule has 0 spiro atoms. The van der Waals surface area contributed by atoms with E-state index in [1.165, 1.54) is 17.1 Å². The number of hydroxylamine groups is 2. The molecule has 108 valence electrons. The number of imide groups is 2. The third-order valence-corrected chi connectivity index (χ3v) is 3.15. The van der Waals surface area contributed by atoms with Crippen molar-refractivity contribution in [3.63, 3.8) is 0 Å². The van der Waals surface area contributed by atoms with Crippen LogP contribution in [0.5, 0.6) is 0 Å². The number of carbonyl (C=O) groups excluding carboxylic acids is 4. The Kier molecular flexibility index (Phi) is 4.62. The lowest BCUT2D eigenvalue weighted by molar-refractivity contribution is -0.187. The molecule has 2 rings (SSSR count). The van der Waals surface area contributed by atoms with Crippen LogP contribution < -0.4 is 0 Å². The normalized spacial score (nSPS) is 18.8. The van der Waals surface area contributed by atoms with Gasteiger partial charge in [-0.25, -0.2) is 0 Å². The predicted octanol–water partition coefficient (Wildman–Crippen LogP) is 0.162. The highest BCUT2D eigenvalue weighted by molar-refractivity contribution is 6.12. The minimum atomic E-state index is -0.297. The summed E-state index contributed by atoms with van der Waals surface area (Å²) in [5.74, 6) is -1.15. The summed E-state index contributed by atoms with van der Waals surface area (Å²) in [6, 6.07) is 0. The molecule has 0 N–H and O–H groups in total. The van der Waals surface area contributed by atoms with Gasteiger partial charge in [-0.2, -0.15) is 5.06 Å². The van der Waals surface area contributed by atoms with E-state index < -0.39 is 0 Å². The SMILES string of the molecule is O=C1C=CC(=O)N1CCCCCON1C(=O)CCC1=O. The van der Waals surface area contributed by atoms with Crippen LogP contribution in [0.4, 0.5) is 0 Å². The standard InChI is InChI=1S/C13H16N2O5/c16-10-4-5-11(17)14(10)8-2-1-3-9-20-15-12(18)6-7-13(15)19/h4-5H,1-3,6-9H2. The fourth-order valence-electron chi connectivity index (χ4n) is 2.06. The van der Waals surface area contributed by atoms with Crippen molar-refractivity contribution in [2.75, 3.05) is 13.2 Å². The van der Waals surface area contributed by atoms with Gasteiger partial charge < -0.3 is 0 Å². The molecule has 0 bridgehead atoms. The van der Waals surface area contributed by atoms with Crippen molar-refractivity contribution in [2.45, 2.75) is 32.1 Å². The fraction of sp³-hybridized carbons (Fsp3) is 0.538. The first-order chi connectivity index (χ1) is 9.59. The van der Waals surface area contributed by atoms with Gasteiger partial charge in [0.05, 0.1) is 6.61 Å². The molecule has 7 nitrogen and oxygen atoms in total. The molecule has 0 unspecified atom stereocenters. The molecule has 0 aromatic heterocycles. The second kappa shape index (κ2) is 6.42. The minimum absolute atomic E-state index is 0.213. The number of carbonyl (C=O) groups is 4. The van der Waals surface area contributed by atoms with Crippen molar-refractivity contribution in [3.8, 4) is 0 Å². The molecule has 4 amide bonds. The number of amides is 4. The molecule has 0 saturated carbocycles. The minimum Gasteiger partial charge on any atom is -0.275 e. The van der Waals surface area contributed by atoms with Gasteiger partial charge in [0.25, 0.3) is 23.6 Å². The second-order valence-electron chi connectivity index (χ2n) is 4.64. The largest absolute Gasteiger partial charge is 0.275 e. The van der Waals surface area contributed by atoms with Gasteiger partial charge in [-0.1, -0.05) is 0 Å². The van der Waals surface area contributed by atoms with Gasteiger partial charge in [0.2, 0.25) is 0 Å². The van der Waals surface area contributed by atoms with E-state index in [9.17, 15) is 19.2 Å². The first-order valence-corrected chi connectivity index (χ1v) is 6.62. The van der Waals surface area contributed by atoms with Crippen LogP contribution in [-0.4, -0.2) is 46.7 Å². The molecule has 0 aliphatic carbocycles. The zero-order valence-electron chi connectivity index (χ0n) is 11.0. The van der Waals surface area contributed by atoms with Crippen molar-refractivity contribution in [2.24, 2.45) is 0 Å². The van der Waals surface area contributed by atoms with Crippen molar-refractivity contribution < 1.29 is 24.0 Å². The average molecular weight is 280 g/mol. The third kappa shape index (κ3) is 3.30. The maximum atomic E-state index is 11.3.